The van der Waals surface area contributed by atoms with E-state index in [1.807, 2.05) is 12.1 Å². The number of amides is 2. The number of hydrogen-bond acceptors (Lipinski definition) is 4. The molecule has 1 aromatic rings. The van der Waals surface area contributed by atoms with E-state index in [2.05, 4.69) is 13.5 Å². The Kier molecular flexibility index (Phi) is 6.72. The second-order valence-corrected chi connectivity index (χ2v) is 7.66. The van der Waals surface area contributed by atoms with Gasteiger partial charge in [0.15, 0.2) is 0 Å². The molecule has 0 saturated carbocycles. The highest BCUT2D eigenvalue weighted by Gasteiger charge is 2.45. The Morgan fingerprint density at radius 3 is 2.76 bits per heavy atom. The molecule has 6 heteroatoms. The smallest absolute Gasteiger partial charge is 0.329 e. The number of esters is 1. The maximum Gasteiger partial charge on any atom is 0.329 e. The number of ether oxygens (including phenoxy) is 1. The van der Waals surface area contributed by atoms with E-state index < -0.39 is 6.04 Å². The summed E-state index contributed by atoms with van der Waals surface area (Å²) in [6, 6.07) is 4.80. The lowest BCUT2D eigenvalue weighted by Gasteiger charge is -2.44. The van der Waals surface area contributed by atoms with Crippen LogP contribution in [0.4, 0.5) is 5.69 Å². The topological polar surface area (TPSA) is 66.9 Å². The Bertz CT molecular complexity index is 804. The van der Waals surface area contributed by atoms with Gasteiger partial charge in [-0.1, -0.05) is 31.9 Å². The monoisotopic (exact) mass is 398 g/mol. The molecule has 0 fully saturated rings. The van der Waals surface area contributed by atoms with Crippen molar-refractivity contribution in [1.29, 1.82) is 0 Å². The third-order valence-electron chi connectivity index (χ3n) is 5.70. The Labute approximate surface area is 172 Å². The lowest BCUT2D eigenvalue weighted by Crippen LogP contribution is -2.53. The summed E-state index contributed by atoms with van der Waals surface area (Å²) in [7, 11) is 0. The van der Waals surface area contributed by atoms with Gasteiger partial charge in [0, 0.05) is 36.7 Å². The van der Waals surface area contributed by atoms with Crippen molar-refractivity contribution in [3.05, 3.63) is 42.0 Å². The summed E-state index contributed by atoms with van der Waals surface area (Å²) in [5.74, 6) is -0.511. The molecule has 2 aliphatic heterocycles. The van der Waals surface area contributed by atoms with Crippen LogP contribution in [0, 0.1) is 0 Å². The minimum Gasteiger partial charge on any atom is -0.464 e. The lowest BCUT2D eigenvalue weighted by atomic mass is 9.79. The van der Waals surface area contributed by atoms with E-state index in [0.717, 1.165) is 24.8 Å². The van der Waals surface area contributed by atoms with Gasteiger partial charge in [0.2, 0.25) is 5.91 Å². The van der Waals surface area contributed by atoms with Crippen LogP contribution in [0.25, 0.3) is 0 Å². The zero-order valence-corrected chi connectivity index (χ0v) is 17.4. The van der Waals surface area contributed by atoms with E-state index in [9.17, 15) is 14.4 Å². The fourth-order valence-electron chi connectivity index (χ4n) is 4.43. The van der Waals surface area contributed by atoms with Crippen LogP contribution in [0.15, 0.2) is 30.9 Å². The van der Waals surface area contributed by atoms with Crippen molar-refractivity contribution in [3.63, 3.8) is 0 Å². The number of rotatable bonds is 8. The highest BCUT2D eigenvalue weighted by atomic mass is 16.5. The van der Waals surface area contributed by atoms with Crippen molar-refractivity contribution >= 4 is 23.5 Å². The molecule has 0 bridgehead atoms. The van der Waals surface area contributed by atoms with Crippen molar-refractivity contribution in [3.8, 4) is 0 Å². The normalized spacial score (nSPS) is 20.3. The largest absolute Gasteiger partial charge is 0.464 e. The number of nitrogens with zero attached hydrogens (tertiary/aromatic N) is 2. The second kappa shape index (κ2) is 9.25. The molecule has 0 saturated heterocycles. The number of anilines is 1. The summed E-state index contributed by atoms with van der Waals surface area (Å²) < 4.78 is 5.31. The summed E-state index contributed by atoms with van der Waals surface area (Å²) in [5, 5.41) is 0. The quantitative estimate of drug-likeness (QED) is 0.381. The maximum atomic E-state index is 13.1. The van der Waals surface area contributed by atoms with E-state index in [0.29, 0.717) is 37.2 Å². The van der Waals surface area contributed by atoms with Crippen LogP contribution < -0.4 is 4.90 Å². The fraction of sp³-hybridized carbons (Fsp3) is 0.522. The number of hydrogen-bond donors (Lipinski definition) is 0. The van der Waals surface area contributed by atoms with Gasteiger partial charge in [-0.2, -0.15) is 0 Å². The standard InChI is InChI=1S/C23H30N2O4/c1-4-7-8-12-20(26)25-18-11-9-10-17-21(18)16(14-19(25)23(28)29-6-3)15-24(13-5-2)22(17)27/h5,9-11,16,19H,2,4,6-8,12-15H2,1,3H3/t16-,19-/m0/s1. The molecule has 0 spiro atoms. The van der Waals surface area contributed by atoms with Crippen LogP contribution in [0.1, 0.15) is 67.8 Å². The fourth-order valence-corrected chi connectivity index (χ4v) is 4.43. The van der Waals surface area contributed by atoms with Crippen molar-refractivity contribution in [1.82, 2.24) is 4.90 Å². The van der Waals surface area contributed by atoms with E-state index in [4.69, 9.17) is 4.74 Å². The number of unbranched alkanes of at least 4 members (excludes halogenated alkanes) is 2. The van der Waals surface area contributed by atoms with E-state index in [1.165, 1.54) is 0 Å². The molecule has 0 unspecified atom stereocenters. The molecule has 2 aliphatic rings. The van der Waals surface area contributed by atoms with Crippen LogP contribution in [-0.2, 0) is 14.3 Å². The molecule has 0 N–H and O–H groups in total. The molecule has 2 atom stereocenters. The molecule has 2 heterocycles. The average molecular weight is 399 g/mol. The lowest BCUT2D eigenvalue weighted by molar-refractivity contribution is -0.146. The Balaban J connectivity index is 2.03. The molecular formula is C23H30N2O4. The summed E-state index contributed by atoms with van der Waals surface area (Å²) >= 11 is 0. The van der Waals surface area contributed by atoms with Crippen LogP contribution in [-0.4, -0.2) is 48.4 Å². The third kappa shape index (κ3) is 4.07. The predicted octanol–water partition coefficient (Wildman–Crippen LogP) is 3.66. The molecule has 6 nitrogen and oxygen atoms in total. The van der Waals surface area contributed by atoms with Crippen molar-refractivity contribution in [2.24, 2.45) is 0 Å². The Hall–Kier alpha value is -2.63. The summed E-state index contributed by atoms with van der Waals surface area (Å²) in [5.41, 5.74) is 2.20. The highest BCUT2D eigenvalue weighted by Crippen LogP contribution is 2.44. The number of carbonyl (C=O) groups is 3. The van der Waals surface area contributed by atoms with Crippen molar-refractivity contribution < 1.29 is 19.1 Å². The van der Waals surface area contributed by atoms with Crippen LogP contribution >= 0.6 is 0 Å². The zero-order chi connectivity index (χ0) is 21.0. The van der Waals surface area contributed by atoms with Gasteiger partial charge >= 0.3 is 5.97 Å². The third-order valence-corrected chi connectivity index (χ3v) is 5.70. The SMILES string of the molecule is C=CCN1C[C@@H]2C[C@@H](C(=O)OCC)N(C(=O)CCCCC)c3cccc(c32)C1=O. The molecular weight excluding hydrogens is 368 g/mol. The zero-order valence-electron chi connectivity index (χ0n) is 17.4. The Morgan fingerprint density at radius 1 is 1.28 bits per heavy atom. The van der Waals surface area contributed by atoms with Gasteiger partial charge in [-0.3, -0.25) is 14.5 Å². The second-order valence-electron chi connectivity index (χ2n) is 7.66. The van der Waals surface area contributed by atoms with E-state index >= 15 is 0 Å². The van der Waals surface area contributed by atoms with Gasteiger partial charge in [0.1, 0.15) is 6.04 Å². The molecule has 156 valence electrons. The van der Waals surface area contributed by atoms with Crippen molar-refractivity contribution in [2.75, 3.05) is 24.6 Å². The van der Waals surface area contributed by atoms with Gasteiger partial charge in [-0.25, -0.2) is 4.79 Å². The average Bonchev–Trinajstić information content (AvgIpc) is 2.71. The molecule has 2 amide bonds. The van der Waals surface area contributed by atoms with Crippen molar-refractivity contribution in [2.45, 2.75) is 57.9 Å². The molecule has 1 aromatic carbocycles. The van der Waals surface area contributed by atoms with E-state index in [1.54, 1.807) is 28.9 Å². The first kappa shape index (κ1) is 21.1. The van der Waals surface area contributed by atoms with E-state index in [-0.39, 0.29) is 30.3 Å². The van der Waals surface area contributed by atoms with Gasteiger partial charge in [0.25, 0.3) is 5.91 Å². The van der Waals surface area contributed by atoms with Gasteiger partial charge in [0.05, 0.1) is 6.61 Å². The van der Waals surface area contributed by atoms with Gasteiger partial charge < -0.3 is 9.64 Å². The summed E-state index contributed by atoms with van der Waals surface area (Å²) in [6.45, 7) is 8.85. The maximum absolute atomic E-state index is 13.1. The van der Waals surface area contributed by atoms with Crippen LogP contribution in [0.2, 0.25) is 0 Å². The first-order valence-corrected chi connectivity index (χ1v) is 10.5. The molecule has 0 radical (unpaired) electrons. The molecule has 3 rings (SSSR count). The van der Waals surface area contributed by atoms with Gasteiger partial charge in [-0.15, -0.1) is 6.58 Å². The Morgan fingerprint density at radius 2 is 2.07 bits per heavy atom. The van der Waals surface area contributed by atoms with Crippen LogP contribution in [0.3, 0.4) is 0 Å². The molecule has 0 aliphatic carbocycles. The number of benzene rings is 1. The summed E-state index contributed by atoms with van der Waals surface area (Å²) in [4.78, 5) is 42.2. The van der Waals surface area contributed by atoms with Crippen LogP contribution in [0.5, 0.6) is 0 Å². The summed E-state index contributed by atoms with van der Waals surface area (Å²) in [6.07, 6.45) is 5.32. The molecule has 0 aromatic heterocycles. The highest BCUT2D eigenvalue weighted by molar-refractivity contribution is 6.05. The molecule has 29 heavy (non-hydrogen) atoms. The predicted molar refractivity (Wildman–Crippen MR) is 112 cm³/mol. The first-order chi connectivity index (χ1) is 14.0. The van der Waals surface area contributed by atoms with Gasteiger partial charge in [-0.05, 0) is 37.5 Å². The minimum absolute atomic E-state index is 0.00653. The first-order valence-electron chi connectivity index (χ1n) is 10.5. The number of carbonyl (C=O) groups excluding carboxylic acids is 3. The minimum atomic E-state index is -0.657.